The van der Waals surface area contributed by atoms with Crippen LogP contribution in [0.15, 0.2) is 58.1 Å². The molecule has 2 aromatic carbocycles. The predicted octanol–water partition coefficient (Wildman–Crippen LogP) is 5.47. The van der Waals surface area contributed by atoms with Gasteiger partial charge in [0.2, 0.25) is 24.0 Å². The van der Waals surface area contributed by atoms with Gasteiger partial charge in [-0.15, -0.1) is 0 Å². The molecule has 0 bridgehead atoms. The van der Waals surface area contributed by atoms with E-state index in [9.17, 15) is 27.2 Å². The Morgan fingerprint density at radius 2 is 1.36 bits per heavy atom. The summed E-state index contributed by atoms with van der Waals surface area (Å²) in [5.41, 5.74) is 1.85. The van der Waals surface area contributed by atoms with E-state index in [0.29, 0.717) is 39.0 Å². The summed E-state index contributed by atoms with van der Waals surface area (Å²) in [6.45, 7) is 0. The number of halogens is 4. The van der Waals surface area contributed by atoms with Gasteiger partial charge in [0, 0.05) is 41.8 Å². The molecule has 0 aliphatic carbocycles. The summed E-state index contributed by atoms with van der Waals surface area (Å²) in [7, 11) is 3.04. The Morgan fingerprint density at radius 3 is 1.97 bits per heavy atom. The average molecular weight is 506 g/mol. The standard InChI is InChI=1S/2C13H13F2NO2/c1-18-9-3-4-10-8(2-5-12(14)15)6-13(17)16-11(10)7-9;1-18-10-4-2-3-9-13(10)8(5-6-11(14)15)7-12(17)16-9/h3-4,6-7,12H,2,5H2,1H3,(H,16,17);2-4,7,11H,5-6H2,1H3,(H,16,17). The molecule has 0 unspecified atom stereocenters. The lowest BCUT2D eigenvalue weighted by molar-refractivity contribution is 0.137. The maximum absolute atomic E-state index is 12.3. The van der Waals surface area contributed by atoms with Crippen LogP contribution in [0.1, 0.15) is 24.0 Å². The number of H-pyrrole nitrogens is 2. The van der Waals surface area contributed by atoms with E-state index in [-0.39, 0.29) is 36.8 Å². The Bertz CT molecular complexity index is 1420. The van der Waals surface area contributed by atoms with Gasteiger partial charge in [-0.2, -0.15) is 0 Å². The summed E-state index contributed by atoms with van der Waals surface area (Å²) >= 11 is 0. The van der Waals surface area contributed by atoms with E-state index in [4.69, 9.17) is 9.47 Å². The van der Waals surface area contributed by atoms with E-state index in [2.05, 4.69) is 9.97 Å². The molecule has 0 saturated heterocycles. The summed E-state index contributed by atoms with van der Waals surface area (Å²) in [4.78, 5) is 28.3. The lowest BCUT2D eigenvalue weighted by atomic mass is 10.0. The molecule has 6 nitrogen and oxygen atoms in total. The molecule has 0 aliphatic heterocycles. The quantitative estimate of drug-likeness (QED) is 0.311. The highest BCUT2D eigenvalue weighted by Gasteiger charge is 2.11. The first-order valence-corrected chi connectivity index (χ1v) is 11.2. The lowest BCUT2D eigenvalue weighted by Gasteiger charge is -2.10. The molecule has 2 N–H and O–H groups in total. The molecule has 0 saturated carbocycles. The van der Waals surface area contributed by atoms with Crippen molar-refractivity contribution in [3.63, 3.8) is 0 Å². The van der Waals surface area contributed by atoms with Crippen molar-refractivity contribution in [3.8, 4) is 11.5 Å². The average Bonchev–Trinajstić information content (AvgIpc) is 2.84. The maximum Gasteiger partial charge on any atom is 0.248 e. The smallest absolute Gasteiger partial charge is 0.248 e. The van der Waals surface area contributed by atoms with Crippen LogP contribution in [0.3, 0.4) is 0 Å². The van der Waals surface area contributed by atoms with Crippen LogP contribution in [0.4, 0.5) is 17.6 Å². The van der Waals surface area contributed by atoms with Crippen LogP contribution in [-0.4, -0.2) is 37.0 Å². The topological polar surface area (TPSA) is 84.2 Å². The van der Waals surface area contributed by atoms with Gasteiger partial charge in [-0.1, -0.05) is 6.07 Å². The fourth-order valence-corrected chi connectivity index (χ4v) is 3.91. The van der Waals surface area contributed by atoms with Crippen LogP contribution in [0.5, 0.6) is 11.5 Å². The summed E-state index contributed by atoms with van der Waals surface area (Å²) < 4.78 is 59.3. The maximum atomic E-state index is 12.3. The van der Waals surface area contributed by atoms with Crippen molar-refractivity contribution < 1.29 is 27.0 Å². The van der Waals surface area contributed by atoms with Crippen LogP contribution >= 0.6 is 0 Å². The first kappa shape index (κ1) is 26.8. The van der Waals surface area contributed by atoms with Crippen LogP contribution in [0.2, 0.25) is 0 Å². The summed E-state index contributed by atoms with van der Waals surface area (Å²) in [6, 6.07) is 13.1. The number of hydrogen-bond acceptors (Lipinski definition) is 4. The van der Waals surface area contributed by atoms with E-state index in [1.807, 2.05) is 0 Å². The number of pyridine rings is 2. The van der Waals surface area contributed by atoms with Gasteiger partial charge >= 0.3 is 0 Å². The number of ether oxygens (including phenoxy) is 2. The normalized spacial score (nSPS) is 11.1. The van der Waals surface area contributed by atoms with Crippen molar-refractivity contribution >= 4 is 21.8 Å². The Morgan fingerprint density at radius 1 is 0.750 bits per heavy atom. The van der Waals surface area contributed by atoms with Crippen LogP contribution < -0.4 is 20.6 Å². The van der Waals surface area contributed by atoms with Gasteiger partial charge in [0.1, 0.15) is 11.5 Å². The Balaban J connectivity index is 0.000000201. The highest BCUT2D eigenvalue weighted by molar-refractivity contribution is 5.88. The molecule has 0 spiro atoms. The number of aromatic nitrogens is 2. The van der Waals surface area contributed by atoms with E-state index >= 15 is 0 Å². The van der Waals surface area contributed by atoms with Crippen molar-refractivity contribution in [2.24, 2.45) is 0 Å². The van der Waals surface area contributed by atoms with Gasteiger partial charge in [0.25, 0.3) is 0 Å². The van der Waals surface area contributed by atoms with Gasteiger partial charge in [0.05, 0.1) is 25.3 Å². The molecule has 0 aliphatic rings. The molecule has 10 heteroatoms. The molecule has 0 amide bonds. The van der Waals surface area contributed by atoms with E-state index in [1.165, 1.54) is 26.4 Å². The van der Waals surface area contributed by atoms with E-state index in [1.54, 1.807) is 36.4 Å². The molecular formula is C26H26F4N2O4. The third-order valence-corrected chi connectivity index (χ3v) is 5.53. The number of aryl methyl sites for hydroxylation is 2. The van der Waals surface area contributed by atoms with Gasteiger partial charge in [0.15, 0.2) is 0 Å². The zero-order chi connectivity index (χ0) is 26.2. The second kappa shape index (κ2) is 12.2. The molecule has 36 heavy (non-hydrogen) atoms. The molecule has 4 rings (SSSR count). The summed E-state index contributed by atoms with van der Waals surface area (Å²) in [5, 5.41) is 1.47. The molecule has 4 aromatic rings. The second-order valence-electron chi connectivity index (χ2n) is 7.97. The van der Waals surface area contributed by atoms with Crippen LogP contribution in [0.25, 0.3) is 21.8 Å². The number of hydrogen-bond donors (Lipinski definition) is 2. The van der Waals surface area contributed by atoms with E-state index < -0.39 is 12.9 Å². The number of aromatic amines is 2. The third-order valence-electron chi connectivity index (χ3n) is 5.53. The first-order valence-electron chi connectivity index (χ1n) is 11.2. The number of rotatable bonds is 8. The van der Waals surface area contributed by atoms with Gasteiger partial charge in [-0.3, -0.25) is 9.59 Å². The minimum absolute atomic E-state index is 0.151. The summed E-state index contributed by atoms with van der Waals surface area (Å²) in [6.07, 6.45) is -4.92. The third kappa shape index (κ3) is 6.87. The molecule has 0 radical (unpaired) electrons. The highest BCUT2D eigenvalue weighted by atomic mass is 19.3. The van der Waals surface area contributed by atoms with Crippen molar-refractivity contribution in [2.45, 2.75) is 38.5 Å². The zero-order valence-electron chi connectivity index (χ0n) is 19.7. The van der Waals surface area contributed by atoms with Crippen LogP contribution in [0, 0.1) is 0 Å². The van der Waals surface area contributed by atoms with Crippen LogP contribution in [-0.2, 0) is 12.8 Å². The predicted molar refractivity (Wildman–Crippen MR) is 131 cm³/mol. The number of benzene rings is 2. The molecule has 2 aromatic heterocycles. The zero-order valence-corrected chi connectivity index (χ0v) is 19.7. The second-order valence-corrected chi connectivity index (χ2v) is 7.97. The number of alkyl halides is 4. The molecule has 0 fully saturated rings. The minimum atomic E-state index is -2.38. The largest absolute Gasteiger partial charge is 0.497 e. The molecule has 192 valence electrons. The van der Waals surface area contributed by atoms with Gasteiger partial charge in [-0.05, 0) is 48.2 Å². The van der Waals surface area contributed by atoms with Gasteiger partial charge in [-0.25, -0.2) is 17.6 Å². The SMILES string of the molecule is COc1ccc2c(CCC(F)F)cc(=O)[nH]c2c1.COc1cccc2[nH]c(=O)cc(CCC(F)F)c12. The van der Waals surface area contributed by atoms with Crippen molar-refractivity contribution in [1.29, 1.82) is 0 Å². The lowest BCUT2D eigenvalue weighted by Crippen LogP contribution is -2.08. The fourth-order valence-electron chi connectivity index (χ4n) is 3.91. The van der Waals surface area contributed by atoms with Gasteiger partial charge < -0.3 is 19.4 Å². The number of fused-ring (bicyclic) bond motifs is 2. The Labute approximate surface area is 203 Å². The van der Waals surface area contributed by atoms with Crippen molar-refractivity contribution in [1.82, 2.24) is 9.97 Å². The highest BCUT2D eigenvalue weighted by Crippen LogP contribution is 2.27. The first-order chi connectivity index (χ1) is 17.2. The Kier molecular flexibility index (Phi) is 9.10. The minimum Gasteiger partial charge on any atom is -0.497 e. The Hall–Kier alpha value is -3.82. The fraction of sp³-hybridized carbons (Fsp3) is 0.308. The van der Waals surface area contributed by atoms with Crippen molar-refractivity contribution in [3.05, 3.63) is 80.4 Å². The number of nitrogens with one attached hydrogen (secondary N) is 2. The molecular weight excluding hydrogens is 480 g/mol. The number of methoxy groups -OCH3 is 2. The van der Waals surface area contributed by atoms with E-state index in [0.717, 1.165) is 5.39 Å². The molecule has 2 heterocycles. The van der Waals surface area contributed by atoms with Crippen molar-refractivity contribution in [2.75, 3.05) is 14.2 Å². The molecule has 0 atom stereocenters. The monoisotopic (exact) mass is 506 g/mol. The summed E-state index contributed by atoms with van der Waals surface area (Å²) in [5.74, 6) is 1.19.